The standard InChI is InChI=1S/C14H22N6O2.HI/c1-20-13(18-11-19-20)10-17-14(16-7-9-21-2)15-6-5-12-4-3-8-22-12;/h3-4,8,11H,5-7,9-10H2,1-2H3,(H2,15,16,17);1H. The molecule has 0 radical (unpaired) electrons. The highest BCUT2D eigenvalue weighted by molar-refractivity contribution is 14.0. The third-order valence-corrected chi connectivity index (χ3v) is 3.03. The van der Waals surface area contributed by atoms with Gasteiger partial charge in [-0.15, -0.1) is 24.0 Å². The molecule has 2 heterocycles. The Hall–Kier alpha value is -1.62. The molecule has 0 amide bonds. The normalized spacial score (nSPS) is 11.1. The third kappa shape index (κ3) is 6.99. The van der Waals surface area contributed by atoms with Gasteiger partial charge in [0, 0.05) is 33.7 Å². The van der Waals surface area contributed by atoms with Crippen molar-refractivity contribution < 1.29 is 9.15 Å². The van der Waals surface area contributed by atoms with Crippen molar-refractivity contribution in [1.82, 2.24) is 25.4 Å². The van der Waals surface area contributed by atoms with E-state index in [2.05, 4.69) is 25.7 Å². The van der Waals surface area contributed by atoms with Gasteiger partial charge in [-0.1, -0.05) is 0 Å². The van der Waals surface area contributed by atoms with Crippen LogP contribution in [0.15, 0.2) is 34.1 Å². The van der Waals surface area contributed by atoms with Crippen molar-refractivity contribution in [2.45, 2.75) is 13.0 Å². The van der Waals surface area contributed by atoms with E-state index in [1.807, 2.05) is 19.2 Å². The van der Waals surface area contributed by atoms with Gasteiger partial charge < -0.3 is 19.8 Å². The van der Waals surface area contributed by atoms with Gasteiger partial charge in [-0.05, 0) is 12.1 Å². The number of halogens is 1. The first kappa shape index (κ1) is 19.4. The van der Waals surface area contributed by atoms with Crippen LogP contribution in [-0.2, 0) is 24.8 Å². The lowest BCUT2D eigenvalue weighted by atomic mass is 10.3. The quantitative estimate of drug-likeness (QED) is 0.279. The molecule has 2 N–H and O–H groups in total. The molecule has 0 aliphatic carbocycles. The van der Waals surface area contributed by atoms with Gasteiger partial charge in [0.25, 0.3) is 0 Å². The summed E-state index contributed by atoms with van der Waals surface area (Å²) < 4.78 is 12.1. The van der Waals surface area contributed by atoms with E-state index in [4.69, 9.17) is 9.15 Å². The SMILES string of the molecule is COCCNC(=NCc1ncnn1C)NCCc1ccco1.I. The predicted molar refractivity (Wildman–Crippen MR) is 97.9 cm³/mol. The van der Waals surface area contributed by atoms with Crippen molar-refractivity contribution >= 4 is 29.9 Å². The third-order valence-electron chi connectivity index (χ3n) is 3.03. The summed E-state index contributed by atoms with van der Waals surface area (Å²) in [6.45, 7) is 2.48. The highest BCUT2D eigenvalue weighted by Crippen LogP contribution is 1.99. The zero-order chi connectivity index (χ0) is 15.6. The number of hydrogen-bond donors (Lipinski definition) is 2. The second-order valence-electron chi connectivity index (χ2n) is 4.64. The molecule has 2 rings (SSSR count). The maximum atomic E-state index is 5.31. The Bertz CT molecular complexity index is 570. The van der Waals surface area contributed by atoms with Crippen LogP contribution in [0, 0.1) is 0 Å². The van der Waals surface area contributed by atoms with Gasteiger partial charge in [0.15, 0.2) is 5.96 Å². The molecule has 2 aromatic rings. The number of hydrogen-bond acceptors (Lipinski definition) is 5. The molecular weight excluding hydrogens is 411 g/mol. The van der Waals surface area contributed by atoms with Crippen LogP contribution in [0.5, 0.6) is 0 Å². The predicted octanol–water partition coefficient (Wildman–Crippen LogP) is 0.950. The van der Waals surface area contributed by atoms with Crippen LogP contribution < -0.4 is 10.6 Å². The number of furan rings is 1. The number of nitrogens with zero attached hydrogens (tertiary/aromatic N) is 4. The number of aryl methyl sites for hydroxylation is 1. The monoisotopic (exact) mass is 434 g/mol. The smallest absolute Gasteiger partial charge is 0.191 e. The molecule has 0 saturated carbocycles. The van der Waals surface area contributed by atoms with Gasteiger partial charge in [-0.3, -0.25) is 4.68 Å². The van der Waals surface area contributed by atoms with E-state index in [9.17, 15) is 0 Å². The summed E-state index contributed by atoms with van der Waals surface area (Å²) in [6, 6.07) is 3.84. The molecule has 0 saturated heterocycles. The second kappa shape index (κ2) is 11.0. The Labute approximate surface area is 152 Å². The minimum absolute atomic E-state index is 0. The summed E-state index contributed by atoms with van der Waals surface area (Å²) in [6.07, 6.45) is 3.99. The fourth-order valence-corrected chi connectivity index (χ4v) is 1.82. The summed E-state index contributed by atoms with van der Waals surface area (Å²) in [5, 5.41) is 10.5. The molecule has 0 aliphatic rings. The molecule has 0 aromatic carbocycles. The van der Waals surface area contributed by atoms with Gasteiger partial charge in [0.2, 0.25) is 0 Å². The van der Waals surface area contributed by atoms with E-state index in [0.717, 1.165) is 24.6 Å². The van der Waals surface area contributed by atoms with Crippen LogP contribution in [0.25, 0.3) is 0 Å². The minimum Gasteiger partial charge on any atom is -0.469 e. The molecule has 128 valence electrons. The topological polar surface area (TPSA) is 89.5 Å². The van der Waals surface area contributed by atoms with Gasteiger partial charge in [0.1, 0.15) is 24.5 Å². The first-order valence-electron chi connectivity index (χ1n) is 7.16. The van der Waals surface area contributed by atoms with Crippen molar-refractivity contribution in [3.05, 3.63) is 36.3 Å². The lowest BCUT2D eigenvalue weighted by Gasteiger charge is -2.11. The fourth-order valence-electron chi connectivity index (χ4n) is 1.82. The molecule has 0 fully saturated rings. The summed E-state index contributed by atoms with van der Waals surface area (Å²) in [7, 11) is 3.52. The maximum Gasteiger partial charge on any atom is 0.191 e. The Morgan fingerprint density at radius 2 is 2.22 bits per heavy atom. The average molecular weight is 434 g/mol. The molecule has 0 bridgehead atoms. The lowest BCUT2D eigenvalue weighted by molar-refractivity contribution is 0.203. The highest BCUT2D eigenvalue weighted by Gasteiger charge is 2.03. The minimum atomic E-state index is 0. The molecule has 0 aliphatic heterocycles. The molecular formula is C14H23IN6O2. The van der Waals surface area contributed by atoms with E-state index in [-0.39, 0.29) is 24.0 Å². The number of aromatic nitrogens is 3. The number of aliphatic imine (C=N–C) groups is 1. The number of nitrogens with one attached hydrogen (secondary N) is 2. The number of methoxy groups -OCH3 is 1. The molecule has 9 heteroatoms. The molecule has 0 spiro atoms. The summed E-state index contributed by atoms with van der Waals surface area (Å²) in [5.74, 6) is 2.46. The zero-order valence-corrected chi connectivity index (χ0v) is 15.7. The van der Waals surface area contributed by atoms with Crippen molar-refractivity contribution in [2.75, 3.05) is 26.8 Å². The summed E-state index contributed by atoms with van der Waals surface area (Å²) in [5.41, 5.74) is 0. The molecule has 2 aromatic heterocycles. The largest absolute Gasteiger partial charge is 0.469 e. The van der Waals surface area contributed by atoms with Crippen LogP contribution in [0.2, 0.25) is 0 Å². The highest BCUT2D eigenvalue weighted by atomic mass is 127. The van der Waals surface area contributed by atoms with Crippen molar-refractivity contribution in [3.8, 4) is 0 Å². The Morgan fingerprint density at radius 1 is 1.39 bits per heavy atom. The van der Waals surface area contributed by atoms with Crippen LogP contribution in [0.3, 0.4) is 0 Å². The molecule has 0 atom stereocenters. The molecule has 8 nitrogen and oxygen atoms in total. The number of rotatable bonds is 8. The second-order valence-corrected chi connectivity index (χ2v) is 4.64. The maximum absolute atomic E-state index is 5.31. The Kier molecular flexibility index (Phi) is 9.29. The van der Waals surface area contributed by atoms with E-state index < -0.39 is 0 Å². The van der Waals surface area contributed by atoms with Crippen molar-refractivity contribution in [2.24, 2.45) is 12.0 Å². The molecule has 23 heavy (non-hydrogen) atoms. The van der Waals surface area contributed by atoms with Gasteiger partial charge in [0.05, 0.1) is 12.9 Å². The summed E-state index contributed by atoms with van der Waals surface area (Å²) >= 11 is 0. The molecule has 0 unspecified atom stereocenters. The van der Waals surface area contributed by atoms with Crippen LogP contribution in [0.1, 0.15) is 11.6 Å². The summed E-state index contributed by atoms with van der Waals surface area (Å²) in [4.78, 5) is 8.66. The number of ether oxygens (including phenoxy) is 1. The Morgan fingerprint density at radius 3 is 2.87 bits per heavy atom. The lowest BCUT2D eigenvalue weighted by Crippen LogP contribution is -2.40. The van der Waals surface area contributed by atoms with Crippen LogP contribution >= 0.6 is 24.0 Å². The first-order valence-corrected chi connectivity index (χ1v) is 7.16. The van der Waals surface area contributed by atoms with Gasteiger partial charge in [-0.2, -0.15) is 5.10 Å². The average Bonchev–Trinajstić information content (AvgIpc) is 3.16. The van der Waals surface area contributed by atoms with E-state index in [1.54, 1.807) is 18.1 Å². The van der Waals surface area contributed by atoms with Gasteiger partial charge in [-0.25, -0.2) is 9.98 Å². The van der Waals surface area contributed by atoms with E-state index >= 15 is 0 Å². The number of guanidine groups is 1. The Balaban J connectivity index is 0.00000264. The van der Waals surface area contributed by atoms with Crippen molar-refractivity contribution in [3.63, 3.8) is 0 Å². The zero-order valence-electron chi connectivity index (χ0n) is 13.4. The fraction of sp³-hybridized carbons (Fsp3) is 0.500. The van der Waals surface area contributed by atoms with E-state index in [1.165, 1.54) is 6.33 Å². The van der Waals surface area contributed by atoms with Crippen molar-refractivity contribution in [1.29, 1.82) is 0 Å². The first-order chi connectivity index (χ1) is 10.8. The van der Waals surface area contributed by atoms with Gasteiger partial charge >= 0.3 is 0 Å². The van der Waals surface area contributed by atoms with Crippen LogP contribution in [-0.4, -0.2) is 47.5 Å². The van der Waals surface area contributed by atoms with Crippen LogP contribution in [0.4, 0.5) is 0 Å². The van der Waals surface area contributed by atoms with E-state index in [0.29, 0.717) is 25.7 Å².